The molecule has 1 aromatic carbocycles. The van der Waals surface area contributed by atoms with Crippen molar-refractivity contribution >= 4 is 27.7 Å². The van der Waals surface area contributed by atoms with E-state index < -0.39 is 6.04 Å². The number of carbonyl (C=O) groups excluding carboxylic acids is 1. The van der Waals surface area contributed by atoms with E-state index in [1.807, 2.05) is 18.2 Å². The molecular weight excluding hydrogens is 296 g/mol. The minimum atomic E-state index is -0.725. The van der Waals surface area contributed by atoms with Crippen LogP contribution in [-0.4, -0.2) is 15.9 Å². The molecular formula is C12H11BrN4O. The summed E-state index contributed by atoms with van der Waals surface area (Å²) in [7, 11) is 0. The van der Waals surface area contributed by atoms with Crippen molar-refractivity contribution in [3.05, 3.63) is 52.9 Å². The molecule has 92 valence electrons. The molecule has 2 rings (SSSR count). The van der Waals surface area contributed by atoms with Crippen LogP contribution in [0.4, 0.5) is 5.82 Å². The van der Waals surface area contributed by atoms with Gasteiger partial charge in [0.2, 0.25) is 5.91 Å². The number of halogens is 1. The molecule has 0 aliphatic rings. The van der Waals surface area contributed by atoms with E-state index in [1.165, 1.54) is 12.4 Å². The molecule has 1 aromatic heterocycles. The molecule has 0 aliphatic carbocycles. The fraction of sp³-hybridized carbons (Fsp3) is 0.0833. The third-order valence-corrected chi connectivity index (χ3v) is 2.72. The molecule has 5 nitrogen and oxygen atoms in total. The second kappa shape index (κ2) is 5.70. The predicted octanol–water partition coefficient (Wildman–Crippen LogP) is 1.88. The highest BCUT2D eigenvalue weighted by molar-refractivity contribution is 9.10. The summed E-state index contributed by atoms with van der Waals surface area (Å²) in [5.74, 6) is 0.0485. The number of hydrogen-bond acceptors (Lipinski definition) is 4. The van der Waals surface area contributed by atoms with Gasteiger partial charge in [0.15, 0.2) is 5.82 Å². The van der Waals surface area contributed by atoms with Gasteiger partial charge in [-0.25, -0.2) is 9.97 Å². The van der Waals surface area contributed by atoms with E-state index in [2.05, 4.69) is 31.2 Å². The molecule has 0 bridgehead atoms. The monoisotopic (exact) mass is 306 g/mol. The molecule has 0 saturated carbocycles. The largest absolute Gasteiger partial charge is 0.316 e. The van der Waals surface area contributed by atoms with E-state index in [9.17, 15) is 4.79 Å². The summed E-state index contributed by atoms with van der Waals surface area (Å²) in [6, 6.07) is 8.42. The maximum Gasteiger partial charge on any atom is 0.247 e. The van der Waals surface area contributed by atoms with Crippen molar-refractivity contribution in [1.29, 1.82) is 0 Å². The van der Waals surface area contributed by atoms with Crippen LogP contribution in [0.15, 0.2) is 47.3 Å². The Bertz CT molecular complexity index is 530. The highest BCUT2D eigenvalue weighted by atomic mass is 79.9. The van der Waals surface area contributed by atoms with Gasteiger partial charge in [-0.15, -0.1) is 0 Å². The summed E-state index contributed by atoms with van der Waals surface area (Å²) in [4.78, 5) is 19.8. The number of nitrogens with zero attached hydrogens (tertiary/aromatic N) is 2. The van der Waals surface area contributed by atoms with Gasteiger partial charge in [0, 0.05) is 0 Å². The quantitative estimate of drug-likeness (QED) is 0.907. The van der Waals surface area contributed by atoms with Crippen LogP contribution < -0.4 is 11.1 Å². The van der Waals surface area contributed by atoms with Crippen LogP contribution >= 0.6 is 15.9 Å². The van der Waals surface area contributed by atoms with E-state index in [1.54, 1.807) is 12.1 Å². The zero-order valence-corrected chi connectivity index (χ0v) is 11.0. The normalized spacial score (nSPS) is 11.9. The van der Waals surface area contributed by atoms with E-state index in [4.69, 9.17) is 5.73 Å². The zero-order chi connectivity index (χ0) is 13.0. The highest BCUT2D eigenvalue weighted by Crippen LogP contribution is 2.12. The lowest BCUT2D eigenvalue weighted by Crippen LogP contribution is -2.28. The molecule has 6 heteroatoms. The molecule has 0 spiro atoms. The van der Waals surface area contributed by atoms with Crippen LogP contribution in [0.5, 0.6) is 0 Å². The Balaban J connectivity index is 2.06. The lowest BCUT2D eigenvalue weighted by Gasteiger charge is -2.11. The lowest BCUT2D eigenvalue weighted by atomic mass is 10.1. The summed E-state index contributed by atoms with van der Waals surface area (Å²) >= 11 is 3.17. The van der Waals surface area contributed by atoms with Crippen LogP contribution in [0.3, 0.4) is 0 Å². The molecule has 0 aliphatic heterocycles. The molecule has 1 heterocycles. The Morgan fingerprint density at radius 3 is 2.56 bits per heavy atom. The van der Waals surface area contributed by atoms with Gasteiger partial charge in [-0.1, -0.05) is 30.3 Å². The SMILES string of the molecule is N[C@H](C(=O)Nc1cnc(Br)cn1)c1ccccc1. The number of hydrogen-bond donors (Lipinski definition) is 2. The topological polar surface area (TPSA) is 80.9 Å². The summed E-state index contributed by atoms with van der Waals surface area (Å²) in [6.07, 6.45) is 2.96. The maximum absolute atomic E-state index is 11.9. The Kier molecular flexibility index (Phi) is 4.01. The number of nitrogens with one attached hydrogen (secondary N) is 1. The van der Waals surface area contributed by atoms with Gasteiger partial charge in [0.05, 0.1) is 12.4 Å². The molecule has 3 N–H and O–H groups in total. The van der Waals surface area contributed by atoms with Crippen LogP contribution in [0.1, 0.15) is 11.6 Å². The third-order valence-electron chi connectivity index (χ3n) is 2.31. The van der Waals surface area contributed by atoms with Crippen molar-refractivity contribution in [3.8, 4) is 0 Å². The second-order valence-electron chi connectivity index (χ2n) is 3.60. The van der Waals surface area contributed by atoms with Crippen LogP contribution in [0.25, 0.3) is 0 Å². The van der Waals surface area contributed by atoms with Crippen LogP contribution in [0, 0.1) is 0 Å². The van der Waals surface area contributed by atoms with Crippen LogP contribution in [-0.2, 0) is 4.79 Å². The Morgan fingerprint density at radius 2 is 1.94 bits per heavy atom. The Labute approximate surface area is 113 Å². The number of aromatic nitrogens is 2. The van der Waals surface area contributed by atoms with E-state index in [0.717, 1.165) is 5.56 Å². The summed E-state index contributed by atoms with van der Waals surface area (Å²) in [5.41, 5.74) is 6.60. The third kappa shape index (κ3) is 3.12. The second-order valence-corrected chi connectivity index (χ2v) is 4.41. The number of nitrogens with two attached hydrogens (primary N) is 1. The van der Waals surface area contributed by atoms with Crippen molar-refractivity contribution in [2.75, 3.05) is 5.32 Å². The molecule has 0 unspecified atom stereocenters. The first-order valence-corrected chi connectivity index (χ1v) is 6.05. The Hall–Kier alpha value is -1.79. The number of amides is 1. The van der Waals surface area contributed by atoms with Crippen molar-refractivity contribution < 1.29 is 4.79 Å². The first-order valence-electron chi connectivity index (χ1n) is 5.26. The van der Waals surface area contributed by atoms with Gasteiger partial charge in [0.25, 0.3) is 0 Å². The van der Waals surface area contributed by atoms with Gasteiger partial charge < -0.3 is 11.1 Å². The van der Waals surface area contributed by atoms with E-state index in [-0.39, 0.29) is 5.91 Å². The molecule has 0 saturated heterocycles. The summed E-state index contributed by atoms with van der Waals surface area (Å²) in [6.45, 7) is 0. The average Bonchev–Trinajstić information content (AvgIpc) is 2.41. The van der Waals surface area contributed by atoms with Gasteiger partial charge >= 0.3 is 0 Å². The van der Waals surface area contributed by atoms with E-state index >= 15 is 0 Å². The van der Waals surface area contributed by atoms with Crippen molar-refractivity contribution in [1.82, 2.24) is 9.97 Å². The molecule has 18 heavy (non-hydrogen) atoms. The molecule has 0 fully saturated rings. The van der Waals surface area contributed by atoms with Gasteiger partial charge in [-0.05, 0) is 21.5 Å². The lowest BCUT2D eigenvalue weighted by molar-refractivity contribution is -0.117. The van der Waals surface area contributed by atoms with Crippen molar-refractivity contribution in [2.45, 2.75) is 6.04 Å². The fourth-order valence-corrected chi connectivity index (χ4v) is 1.60. The number of carbonyl (C=O) groups is 1. The molecule has 1 amide bonds. The minimum Gasteiger partial charge on any atom is -0.316 e. The summed E-state index contributed by atoms with van der Waals surface area (Å²) in [5, 5.41) is 2.61. The van der Waals surface area contributed by atoms with Crippen molar-refractivity contribution in [3.63, 3.8) is 0 Å². The van der Waals surface area contributed by atoms with Gasteiger partial charge in [-0.3, -0.25) is 4.79 Å². The van der Waals surface area contributed by atoms with Gasteiger partial charge in [0.1, 0.15) is 10.6 Å². The number of benzene rings is 1. The number of anilines is 1. The predicted molar refractivity (Wildman–Crippen MR) is 71.7 cm³/mol. The van der Waals surface area contributed by atoms with Crippen molar-refractivity contribution in [2.24, 2.45) is 5.73 Å². The van der Waals surface area contributed by atoms with E-state index in [0.29, 0.717) is 10.4 Å². The van der Waals surface area contributed by atoms with Crippen LogP contribution in [0.2, 0.25) is 0 Å². The maximum atomic E-state index is 11.9. The van der Waals surface area contributed by atoms with Gasteiger partial charge in [-0.2, -0.15) is 0 Å². The number of rotatable bonds is 3. The molecule has 2 aromatic rings. The smallest absolute Gasteiger partial charge is 0.247 e. The molecule has 1 atom stereocenters. The molecule has 0 radical (unpaired) electrons. The highest BCUT2D eigenvalue weighted by Gasteiger charge is 2.15. The minimum absolute atomic E-state index is 0.321. The summed E-state index contributed by atoms with van der Waals surface area (Å²) < 4.78 is 0.604. The standard InChI is InChI=1S/C12H11BrN4O/c13-9-6-16-10(7-15-9)17-12(18)11(14)8-4-2-1-3-5-8/h1-7,11H,14H2,(H,16,17,18)/t11-/m0/s1. The first kappa shape index (κ1) is 12.7. The Morgan fingerprint density at radius 1 is 1.22 bits per heavy atom. The zero-order valence-electron chi connectivity index (χ0n) is 9.38. The first-order chi connectivity index (χ1) is 8.66. The fourth-order valence-electron chi connectivity index (χ4n) is 1.39. The average molecular weight is 307 g/mol.